The molecule has 0 radical (unpaired) electrons. The molecule has 7 nitrogen and oxygen atoms in total. The van der Waals surface area contributed by atoms with Gasteiger partial charge in [-0.05, 0) is 44.2 Å². The molecule has 0 aliphatic heterocycles. The van der Waals surface area contributed by atoms with Crippen molar-refractivity contribution in [3.63, 3.8) is 0 Å². The van der Waals surface area contributed by atoms with E-state index >= 15 is 0 Å². The predicted molar refractivity (Wildman–Crippen MR) is 121 cm³/mol. The number of nitrogens with two attached hydrogens (primary N) is 1. The molecular formula is C24H32N2O5. The number of hydrogen-bond acceptors (Lipinski definition) is 6. The first kappa shape index (κ1) is 25.8. The van der Waals surface area contributed by atoms with Gasteiger partial charge >= 0.3 is 0 Å². The second-order valence-corrected chi connectivity index (χ2v) is 6.76. The molecule has 0 aliphatic carbocycles. The average Bonchev–Trinajstić information content (AvgIpc) is 2.80. The Labute approximate surface area is 183 Å². The van der Waals surface area contributed by atoms with Crippen LogP contribution in [0.3, 0.4) is 0 Å². The molecule has 168 valence electrons. The highest BCUT2D eigenvalue weighted by Gasteiger charge is 2.20. The molecule has 0 aromatic heterocycles. The van der Waals surface area contributed by atoms with Crippen molar-refractivity contribution >= 4 is 18.5 Å². The summed E-state index contributed by atoms with van der Waals surface area (Å²) in [6, 6.07) is 11.3. The van der Waals surface area contributed by atoms with Gasteiger partial charge in [-0.3, -0.25) is 9.59 Å². The number of carbonyl (C=O) groups excluding carboxylic acids is 3. The molecule has 2 atom stereocenters. The lowest BCUT2D eigenvalue weighted by molar-refractivity contribution is -0.108. The van der Waals surface area contributed by atoms with E-state index in [2.05, 4.69) is 18.0 Å². The number of ether oxygens (including phenoxy) is 2. The first-order chi connectivity index (χ1) is 15.0. The minimum Gasteiger partial charge on any atom is -0.493 e. The Kier molecular flexibility index (Phi) is 11.6. The molecule has 1 amide bonds. The van der Waals surface area contributed by atoms with Crippen LogP contribution in [0.4, 0.5) is 0 Å². The fraction of sp³-hybridized carbons (Fsp3) is 0.375. The summed E-state index contributed by atoms with van der Waals surface area (Å²) in [6.07, 6.45) is 3.36. The Morgan fingerprint density at radius 1 is 1.13 bits per heavy atom. The van der Waals surface area contributed by atoms with Crippen LogP contribution in [0.1, 0.15) is 65.4 Å². The van der Waals surface area contributed by atoms with Crippen molar-refractivity contribution < 1.29 is 23.9 Å². The van der Waals surface area contributed by atoms with Crippen molar-refractivity contribution in [1.29, 1.82) is 0 Å². The van der Waals surface area contributed by atoms with Crippen LogP contribution in [0.25, 0.3) is 0 Å². The molecule has 0 aliphatic rings. The highest BCUT2D eigenvalue weighted by molar-refractivity contribution is 6.01. The zero-order valence-electron chi connectivity index (χ0n) is 18.6. The topological polar surface area (TPSA) is 108 Å². The highest BCUT2D eigenvalue weighted by Crippen LogP contribution is 2.32. The van der Waals surface area contributed by atoms with Crippen molar-refractivity contribution in [1.82, 2.24) is 5.32 Å². The van der Waals surface area contributed by atoms with Gasteiger partial charge in [0.1, 0.15) is 6.29 Å². The number of hydrogen-bond donors (Lipinski definition) is 2. The summed E-state index contributed by atoms with van der Waals surface area (Å²) in [7, 11) is 3.06. The first-order valence-corrected chi connectivity index (χ1v) is 10.2. The van der Waals surface area contributed by atoms with Crippen LogP contribution < -0.4 is 20.5 Å². The normalized spacial score (nSPS) is 11.9. The summed E-state index contributed by atoms with van der Waals surface area (Å²) >= 11 is 0. The SMILES string of the molecule is CCCC(C)Oc1cc(C(CC=O)NC(=O)c2ccccc2C=O)ccc1OC.CN. The molecule has 3 N–H and O–H groups in total. The van der Waals surface area contributed by atoms with Gasteiger partial charge in [-0.1, -0.05) is 37.6 Å². The van der Waals surface area contributed by atoms with Gasteiger partial charge in [0.25, 0.3) is 5.91 Å². The molecule has 0 heterocycles. The molecule has 2 unspecified atom stereocenters. The van der Waals surface area contributed by atoms with E-state index in [1.807, 2.05) is 6.92 Å². The molecule has 0 bridgehead atoms. The van der Waals surface area contributed by atoms with Crippen LogP contribution in [-0.2, 0) is 4.79 Å². The van der Waals surface area contributed by atoms with Crippen LogP contribution >= 0.6 is 0 Å². The van der Waals surface area contributed by atoms with Gasteiger partial charge < -0.3 is 25.3 Å². The van der Waals surface area contributed by atoms with Crippen LogP contribution in [0.2, 0.25) is 0 Å². The van der Waals surface area contributed by atoms with E-state index in [4.69, 9.17) is 9.47 Å². The summed E-state index contributed by atoms with van der Waals surface area (Å²) in [6.45, 7) is 4.07. The van der Waals surface area contributed by atoms with Crippen LogP contribution in [0.5, 0.6) is 11.5 Å². The van der Waals surface area contributed by atoms with Gasteiger partial charge in [-0.2, -0.15) is 0 Å². The zero-order valence-corrected chi connectivity index (χ0v) is 18.6. The van der Waals surface area contributed by atoms with Crippen LogP contribution in [0.15, 0.2) is 42.5 Å². The number of aldehydes is 2. The Morgan fingerprint density at radius 3 is 2.45 bits per heavy atom. The van der Waals surface area contributed by atoms with Crippen molar-refractivity contribution in [2.45, 2.75) is 45.3 Å². The molecule has 0 fully saturated rings. The van der Waals surface area contributed by atoms with E-state index in [0.717, 1.165) is 19.1 Å². The second kappa shape index (κ2) is 13.9. The lowest BCUT2D eigenvalue weighted by Gasteiger charge is -2.21. The maximum absolute atomic E-state index is 12.7. The largest absolute Gasteiger partial charge is 0.493 e. The number of methoxy groups -OCH3 is 1. The summed E-state index contributed by atoms with van der Waals surface area (Å²) in [4.78, 5) is 35.2. The van der Waals surface area contributed by atoms with Crippen LogP contribution in [0, 0.1) is 0 Å². The van der Waals surface area contributed by atoms with Gasteiger partial charge in [-0.15, -0.1) is 0 Å². The third-order valence-electron chi connectivity index (χ3n) is 4.58. The van der Waals surface area contributed by atoms with Gasteiger partial charge in [0.05, 0.1) is 19.3 Å². The third kappa shape index (κ3) is 7.53. The minimum atomic E-state index is -0.561. The number of carbonyl (C=O) groups is 3. The number of benzene rings is 2. The lowest BCUT2D eigenvalue weighted by atomic mass is 10.0. The van der Waals surface area contributed by atoms with Crippen molar-refractivity contribution in [2.75, 3.05) is 14.2 Å². The minimum absolute atomic E-state index is 0.00253. The zero-order chi connectivity index (χ0) is 23.2. The van der Waals surface area contributed by atoms with E-state index in [9.17, 15) is 14.4 Å². The fourth-order valence-electron chi connectivity index (χ4n) is 3.10. The van der Waals surface area contributed by atoms with E-state index in [1.54, 1.807) is 49.6 Å². The fourth-order valence-corrected chi connectivity index (χ4v) is 3.10. The van der Waals surface area contributed by atoms with Gasteiger partial charge in [0.15, 0.2) is 17.8 Å². The highest BCUT2D eigenvalue weighted by atomic mass is 16.5. The number of amides is 1. The monoisotopic (exact) mass is 428 g/mol. The number of nitrogens with one attached hydrogen (secondary N) is 1. The maximum Gasteiger partial charge on any atom is 0.252 e. The summed E-state index contributed by atoms with van der Waals surface area (Å²) in [5, 5.41) is 2.84. The molecular weight excluding hydrogens is 396 g/mol. The Balaban J connectivity index is 0.00000233. The Bertz CT molecular complexity index is 854. The van der Waals surface area contributed by atoms with Gasteiger partial charge in [0.2, 0.25) is 0 Å². The molecule has 0 spiro atoms. The molecule has 0 saturated carbocycles. The Morgan fingerprint density at radius 2 is 1.84 bits per heavy atom. The smallest absolute Gasteiger partial charge is 0.252 e. The molecule has 2 rings (SSSR count). The predicted octanol–water partition coefficient (Wildman–Crippen LogP) is 3.71. The van der Waals surface area contributed by atoms with Crippen molar-refractivity contribution in [2.24, 2.45) is 5.73 Å². The molecule has 2 aromatic carbocycles. The maximum atomic E-state index is 12.7. The lowest BCUT2D eigenvalue weighted by Crippen LogP contribution is -2.29. The summed E-state index contributed by atoms with van der Waals surface area (Å²) < 4.78 is 11.4. The Hall–Kier alpha value is -3.19. The first-order valence-electron chi connectivity index (χ1n) is 10.2. The standard InChI is InChI=1S/C23H27NO5.CH5N/c1-4-7-16(2)29-22-14-17(10-11-21(22)28-3)20(12-13-25)24-23(27)19-9-6-5-8-18(19)15-26;1-2/h5-6,8-11,13-16,20H,4,7,12H2,1-3H3,(H,24,27);2H2,1H3. The third-order valence-corrected chi connectivity index (χ3v) is 4.58. The number of rotatable bonds is 11. The summed E-state index contributed by atoms with van der Waals surface area (Å²) in [5.74, 6) is 0.723. The van der Waals surface area contributed by atoms with Crippen molar-refractivity contribution in [3.8, 4) is 11.5 Å². The second-order valence-electron chi connectivity index (χ2n) is 6.76. The van der Waals surface area contributed by atoms with Gasteiger partial charge in [0, 0.05) is 17.5 Å². The molecule has 0 saturated heterocycles. The van der Waals surface area contributed by atoms with E-state index in [0.29, 0.717) is 28.9 Å². The quantitative estimate of drug-likeness (QED) is 0.528. The van der Waals surface area contributed by atoms with E-state index < -0.39 is 11.9 Å². The molecule has 31 heavy (non-hydrogen) atoms. The summed E-state index contributed by atoms with van der Waals surface area (Å²) in [5.41, 5.74) is 5.77. The molecule has 7 heteroatoms. The van der Waals surface area contributed by atoms with E-state index in [-0.39, 0.29) is 18.1 Å². The average molecular weight is 429 g/mol. The van der Waals surface area contributed by atoms with Crippen molar-refractivity contribution in [3.05, 3.63) is 59.2 Å². The van der Waals surface area contributed by atoms with E-state index in [1.165, 1.54) is 7.05 Å². The van der Waals surface area contributed by atoms with Crippen LogP contribution in [-0.4, -0.2) is 38.7 Å². The molecule has 2 aromatic rings. The van der Waals surface area contributed by atoms with Gasteiger partial charge in [-0.25, -0.2) is 0 Å².